The van der Waals surface area contributed by atoms with E-state index in [0.717, 1.165) is 64.8 Å². The van der Waals surface area contributed by atoms with Gasteiger partial charge in [0, 0.05) is 28.6 Å². The van der Waals surface area contributed by atoms with Crippen molar-refractivity contribution in [3.63, 3.8) is 0 Å². The van der Waals surface area contributed by atoms with Crippen LogP contribution in [0.15, 0.2) is 48.7 Å². The summed E-state index contributed by atoms with van der Waals surface area (Å²) in [5, 5.41) is 12.0. The number of hydrogen-bond acceptors (Lipinski definition) is 5. The van der Waals surface area contributed by atoms with Gasteiger partial charge in [-0.15, -0.1) is 0 Å². The molecule has 0 aliphatic carbocycles. The minimum Gasteiger partial charge on any atom is -0.497 e. The maximum Gasteiger partial charge on any atom is 0.159 e. The van der Waals surface area contributed by atoms with Crippen LogP contribution < -0.4 is 10.1 Å². The molecular formula is C25H23FN6O. The van der Waals surface area contributed by atoms with Crippen LogP contribution in [0.4, 0.5) is 4.39 Å². The first-order valence-electron chi connectivity index (χ1n) is 11.1. The van der Waals surface area contributed by atoms with E-state index in [9.17, 15) is 4.39 Å². The van der Waals surface area contributed by atoms with Gasteiger partial charge in [0.05, 0.1) is 29.9 Å². The number of halogens is 1. The summed E-state index contributed by atoms with van der Waals surface area (Å²) in [6, 6.07) is 12.6. The molecule has 0 amide bonds. The lowest BCUT2D eigenvalue weighted by atomic mass is 9.93. The molecule has 6 rings (SSSR count). The summed E-state index contributed by atoms with van der Waals surface area (Å²) in [7, 11) is 1.53. The van der Waals surface area contributed by atoms with Gasteiger partial charge >= 0.3 is 0 Å². The van der Waals surface area contributed by atoms with Crippen molar-refractivity contribution < 1.29 is 9.13 Å². The molecule has 0 atom stereocenters. The van der Waals surface area contributed by atoms with Gasteiger partial charge in [0.2, 0.25) is 0 Å². The summed E-state index contributed by atoms with van der Waals surface area (Å²) in [5.74, 6) is 1.22. The largest absolute Gasteiger partial charge is 0.497 e. The highest BCUT2D eigenvalue weighted by molar-refractivity contribution is 5.97. The molecule has 2 aromatic carbocycles. The number of ether oxygens (including phenoxy) is 1. The molecule has 3 aromatic heterocycles. The van der Waals surface area contributed by atoms with Crippen molar-refractivity contribution in [1.82, 2.24) is 30.5 Å². The molecule has 166 valence electrons. The SMILES string of the molecule is COc1cc(F)cc(-c2cccc3[nH]c(-c4n[nH]c5cnc(C6CCNCC6)cc45)nc23)c1. The number of rotatable bonds is 4. The Hall–Kier alpha value is -3.78. The first-order chi connectivity index (χ1) is 16.2. The van der Waals surface area contributed by atoms with Gasteiger partial charge in [0.1, 0.15) is 17.3 Å². The number of fused-ring (bicyclic) bond motifs is 2. The highest BCUT2D eigenvalue weighted by atomic mass is 19.1. The Bertz CT molecular complexity index is 1470. The molecule has 3 N–H and O–H groups in total. The van der Waals surface area contributed by atoms with Crippen molar-refractivity contribution >= 4 is 21.9 Å². The lowest BCUT2D eigenvalue weighted by molar-refractivity contribution is 0.411. The number of methoxy groups -OCH3 is 1. The second-order valence-electron chi connectivity index (χ2n) is 8.42. The van der Waals surface area contributed by atoms with Crippen LogP contribution in [0, 0.1) is 5.82 Å². The normalized spacial score (nSPS) is 14.8. The third-order valence-corrected chi connectivity index (χ3v) is 6.38. The van der Waals surface area contributed by atoms with Crippen LogP contribution in [0.1, 0.15) is 24.5 Å². The number of pyridine rings is 1. The lowest BCUT2D eigenvalue weighted by Crippen LogP contribution is -2.27. The molecule has 0 radical (unpaired) electrons. The first kappa shape index (κ1) is 19.9. The smallest absolute Gasteiger partial charge is 0.159 e. The van der Waals surface area contributed by atoms with Crippen molar-refractivity contribution in [3.05, 3.63) is 60.2 Å². The van der Waals surface area contributed by atoms with Crippen LogP contribution in [-0.4, -0.2) is 45.3 Å². The second kappa shape index (κ2) is 7.97. The maximum absolute atomic E-state index is 14.2. The van der Waals surface area contributed by atoms with E-state index >= 15 is 0 Å². The quantitative estimate of drug-likeness (QED) is 0.373. The average molecular weight is 442 g/mol. The third kappa shape index (κ3) is 3.52. The number of H-pyrrole nitrogens is 2. The van der Waals surface area contributed by atoms with Gasteiger partial charge in [-0.1, -0.05) is 12.1 Å². The fourth-order valence-corrected chi connectivity index (χ4v) is 4.67. The van der Waals surface area contributed by atoms with E-state index < -0.39 is 0 Å². The summed E-state index contributed by atoms with van der Waals surface area (Å²) < 4.78 is 19.4. The van der Waals surface area contributed by atoms with E-state index in [4.69, 9.17) is 9.72 Å². The Kier molecular flexibility index (Phi) is 4.80. The van der Waals surface area contributed by atoms with Crippen LogP contribution in [0.2, 0.25) is 0 Å². The van der Waals surface area contributed by atoms with Gasteiger partial charge in [-0.2, -0.15) is 5.10 Å². The van der Waals surface area contributed by atoms with Gasteiger partial charge in [-0.25, -0.2) is 9.37 Å². The van der Waals surface area contributed by atoms with E-state index in [1.165, 1.54) is 19.2 Å². The molecular weight excluding hydrogens is 419 g/mol. The van der Waals surface area contributed by atoms with Crippen LogP contribution >= 0.6 is 0 Å². The number of aromatic amines is 2. The van der Waals surface area contributed by atoms with Gasteiger partial charge in [0.15, 0.2) is 5.82 Å². The molecule has 1 aliphatic heterocycles. The zero-order valence-corrected chi connectivity index (χ0v) is 18.2. The summed E-state index contributed by atoms with van der Waals surface area (Å²) >= 11 is 0. The third-order valence-electron chi connectivity index (χ3n) is 6.38. The lowest BCUT2D eigenvalue weighted by Gasteiger charge is -2.21. The molecule has 5 aromatic rings. The number of benzene rings is 2. The first-order valence-corrected chi connectivity index (χ1v) is 11.1. The molecule has 7 nitrogen and oxygen atoms in total. The fourth-order valence-electron chi connectivity index (χ4n) is 4.67. The number of imidazole rings is 1. The topological polar surface area (TPSA) is 91.5 Å². The van der Waals surface area contributed by atoms with Crippen LogP contribution in [0.5, 0.6) is 5.75 Å². The molecule has 0 unspecified atom stereocenters. The van der Waals surface area contributed by atoms with E-state index in [-0.39, 0.29) is 5.82 Å². The van der Waals surface area contributed by atoms with Crippen molar-refractivity contribution in [2.45, 2.75) is 18.8 Å². The summed E-state index contributed by atoms with van der Waals surface area (Å²) in [4.78, 5) is 13.0. The van der Waals surface area contributed by atoms with Crippen LogP contribution in [0.25, 0.3) is 44.6 Å². The Balaban J connectivity index is 1.46. The zero-order chi connectivity index (χ0) is 22.4. The van der Waals surface area contributed by atoms with Crippen LogP contribution in [-0.2, 0) is 0 Å². The molecule has 1 saturated heterocycles. The molecule has 1 fully saturated rings. The van der Waals surface area contributed by atoms with Crippen molar-refractivity contribution in [2.24, 2.45) is 0 Å². The Labute approximate surface area is 189 Å². The number of para-hydroxylation sites is 1. The second-order valence-corrected chi connectivity index (χ2v) is 8.42. The Morgan fingerprint density at radius 3 is 2.79 bits per heavy atom. The van der Waals surface area contributed by atoms with Gasteiger partial charge in [-0.05, 0) is 55.8 Å². The van der Waals surface area contributed by atoms with Crippen molar-refractivity contribution in [2.75, 3.05) is 20.2 Å². The molecule has 1 aliphatic rings. The van der Waals surface area contributed by atoms with Crippen molar-refractivity contribution in [1.29, 1.82) is 0 Å². The zero-order valence-electron chi connectivity index (χ0n) is 18.2. The predicted molar refractivity (Wildman–Crippen MR) is 126 cm³/mol. The van der Waals surface area contributed by atoms with Crippen molar-refractivity contribution in [3.8, 4) is 28.4 Å². The molecule has 4 heterocycles. The number of nitrogens with zero attached hydrogens (tertiary/aromatic N) is 3. The fraction of sp³-hybridized carbons (Fsp3) is 0.240. The minimum absolute atomic E-state index is 0.353. The monoisotopic (exact) mass is 442 g/mol. The van der Waals surface area contributed by atoms with Gasteiger partial charge < -0.3 is 15.0 Å². The van der Waals surface area contributed by atoms with E-state index in [0.29, 0.717) is 23.1 Å². The summed E-state index contributed by atoms with van der Waals surface area (Å²) in [6.45, 7) is 2.03. The molecule has 33 heavy (non-hydrogen) atoms. The predicted octanol–water partition coefficient (Wildman–Crippen LogP) is 4.78. The highest BCUT2D eigenvalue weighted by Gasteiger charge is 2.20. The highest BCUT2D eigenvalue weighted by Crippen LogP contribution is 2.34. The number of nitrogens with one attached hydrogen (secondary N) is 3. The molecule has 8 heteroatoms. The number of aromatic nitrogens is 5. The average Bonchev–Trinajstić information content (AvgIpc) is 3.47. The standard InChI is InChI=1S/C25H23FN6O/c1-33-17-10-15(9-16(26)11-17)18-3-2-4-20-23(18)30-25(29-20)24-19-12-21(14-5-7-27-8-6-14)28-13-22(19)31-32-24/h2-4,9-14,27H,5-8H2,1H3,(H,29,30)(H,31,32). The van der Waals surface area contributed by atoms with E-state index in [1.54, 1.807) is 0 Å². The molecule has 0 saturated carbocycles. The van der Waals surface area contributed by atoms with Gasteiger partial charge in [-0.3, -0.25) is 10.1 Å². The van der Waals surface area contributed by atoms with Gasteiger partial charge in [0.25, 0.3) is 0 Å². The summed E-state index contributed by atoms with van der Waals surface area (Å²) in [5.41, 5.74) is 5.86. The number of hydrogen-bond donors (Lipinski definition) is 3. The Morgan fingerprint density at radius 1 is 1.06 bits per heavy atom. The molecule has 0 spiro atoms. The van der Waals surface area contributed by atoms with E-state index in [1.807, 2.05) is 30.5 Å². The number of piperidine rings is 1. The molecule has 0 bridgehead atoms. The van der Waals surface area contributed by atoms with E-state index in [2.05, 4.69) is 31.5 Å². The Morgan fingerprint density at radius 2 is 1.94 bits per heavy atom. The minimum atomic E-state index is -0.353. The summed E-state index contributed by atoms with van der Waals surface area (Å²) in [6.07, 6.45) is 4.02. The maximum atomic E-state index is 14.2. The van der Waals surface area contributed by atoms with Crippen LogP contribution in [0.3, 0.4) is 0 Å².